The van der Waals surface area contributed by atoms with Crippen molar-refractivity contribution in [2.45, 2.75) is 0 Å². The summed E-state index contributed by atoms with van der Waals surface area (Å²) < 4.78 is 23.7. The van der Waals surface area contributed by atoms with E-state index in [2.05, 4.69) is 6.07 Å². The molecule has 0 aliphatic rings. The maximum atomic E-state index is 13.4. The van der Waals surface area contributed by atoms with E-state index in [9.17, 15) is 14.8 Å². The molecule has 2 aromatic rings. The molecule has 4 nitrogen and oxygen atoms in total. The Labute approximate surface area is 127 Å². The molecular weight excluding hydrogens is 285 g/mol. The number of hydrogen-bond donors (Lipinski definition) is 1. The minimum absolute atomic E-state index is 0.339. The number of halogens is 1. The van der Waals surface area contributed by atoms with Crippen LogP contribution >= 0.6 is 0 Å². The highest BCUT2D eigenvalue weighted by atomic mass is 19.1. The van der Waals surface area contributed by atoms with Gasteiger partial charge >= 0.3 is 0 Å². The molecule has 0 aromatic heterocycles. The standard InChI is InChI=1S/C17H14FNO3/c1-21-16-6-4-12(9-17(16)22-2)13(10-19)7-11-3-5-15(20)14(18)8-11/h3-9,20H,1-2H3. The van der Waals surface area contributed by atoms with Gasteiger partial charge in [-0.3, -0.25) is 0 Å². The highest BCUT2D eigenvalue weighted by Crippen LogP contribution is 2.31. The van der Waals surface area contributed by atoms with Gasteiger partial charge in [0.2, 0.25) is 0 Å². The van der Waals surface area contributed by atoms with Crippen molar-refractivity contribution in [3.63, 3.8) is 0 Å². The Morgan fingerprint density at radius 3 is 2.45 bits per heavy atom. The van der Waals surface area contributed by atoms with Gasteiger partial charge in [0.05, 0.1) is 25.9 Å². The molecular formula is C17H14FNO3. The van der Waals surface area contributed by atoms with E-state index in [0.717, 1.165) is 6.07 Å². The summed E-state index contributed by atoms with van der Waals surface area (Å²) in [5.41, 5.74) is 1.43. The van der Waals surface area contributed by atoms with Gasteiger partial charge in [-0.2, -0.15) is 5.26 Å². The van der Waals surface area contributed by atoms with Gasteiger partial charge in [-0.15, -0.1) is 0 Å². The molecule has 0 unspecified atom stereocenters. The lowest BCUT2D eigenvalue weighted by molar-refractivity contribution is 0.355. The van der Waals surface area contributed by atoms with Crippen molar-refractivity contribution in [2.24, 2.45) is 0 Å². The van der Waals surface area contributed by atoms with Crippen molar-refractivity contribution < 1.29 is 19.0 Å². The monoisotopic (exact) mass is 299 g/mol. The summed E-state index contributed by atoms with van der Waals surface area (Å²) >= 11 is 0. The fourth-order valence-corrected chi connectivity index (χ4v) is 1.96. The first kappa shape index (κ1) is 15.4. The maximum absolute atomic E-state index is 13.4. The largest absolute Gasteiger partial charge is 0.505 e. The number of phenols is 1. The Morgan fingerprint density at radius 1 is 1.14 bits per heavy atom. The highest BCUT2D eigenvalue weighted by Gasteiger charge is 2.08. The molecule has 5 heteroatoms. The van der Waals surface area contributed by atoms with Crippen molar-refractivity contribution in [1.82, 2.24) is 0 Å². The molecule has 112 valence electrons. The van der Waals surface area contributed by atoms with Gasteiger partial charge in [-0.1, -0.05) is 6.07 Å². The van der Waals surface area contributed by atoms with Crippen molar-refractivity contribution in [3.05, 3.63) is 53.3 Å². The summed E-state index contributed by atoms with van der Waals surface area (Å²) in [4.78, 5) is 0. The first-order valence-electron chi connectivity index (χ1n) is 6.41. The van der Waals surface area contributed by atoms with E-state index >= 15 is 0 Å². The molecule has 1 N–H and O–H groups in total. The third kappa shape index (κ3) is 3.18. The van der Waals surface area contributed by atoms with Crippen LogP contribution in [0.15, 0.2) is 36.4 Å². The third-order valence-electron chi connectivity index (χ3n) is 3.10. The number of aromatic hydroxyl groups is 1. The summed E-state index contributed by atoms with van der Waals surface area (Å²) in [5, 5.41) is 18.5. The number of hydrogen-bond acceptors (Lipinski definition) is 4. The molecule has 0 heterocycles. The molecule has 0 spiro atoms. The zero-order valence-corrected chi connectivity index (χ0v) is 12.1. The van der Waals surface area contributed by atoms with Crippen LogP contribution in [0.3, 0.4) is 0 Å². The molecule has 0 fully saturated rings. The lowest BCUT2D eigenvalue weighted by Gasteiger charge is -2.09. The maximum Gasteiger partial charge on any atom is 0.165 e. The van der Waals surface area contributed by atoms with E-state index in [1.807, 2.05) is 0 Å². The predicted octanol–water partition coefficient (Wildman–Crippen LogP) is 3.61. The van der Waals surface area contributed by atoms with Crippen molar-refractivity contribution in [1.29, 1.82) is 5.26 Å². The molecule has 0 aliphatic carbocycles. The Bertz CT molecular complexity index is 763. The zero-order chi connectivity index (χ0) is 16.1. The van der Waals surface area contributed by atoms with Gasteiger partial charge in [0.15, 0.2) is 23.1 Å². The van der Waals surface area contributed by atoms with E-state index in [4.69, 9.17) is 9.47 Å². The minimum atomic E-state index is -0.738. The Balaban J connectivity index is 2.45. The lowest BCUT2D eigenvalue weighted by Crippen LogP contribution is -1.92. The Hall–Kier alpha value is -3.00. The molecule has 2 rings (SSSR count). The zero-order valence-electron chi connectivity index (χ0n) is 12.1. The molecule has 2 aromatic carbocycles. The fourth-order valence-electron chi connectivity index (χ4n) is 1.96. The van der Waals surface area contributed by atoms with Gasteiger partial charge < -0.3 is 14.6 Å². The molecule has 0 saturated heterocycles. The topological polar surface area (TPSA) is 62.5 Å². The number of rotatable bonds is 4. The van der Waals surface area contributed by atoms with E-state index in [1.165, 1.54) is 32.4 Å². The van der Waals surface area contributed by atoms with E-state index in [0.29, 0.717) is 28.2 Å². The van der Waals surface area contributed by atoms with Crippen LogP contribution in [0.5, 0.6) is 17.2 Å². The summed E-state index contributed by atoms with van der Waals surface area (Å²) in [5.74, 6) is -0.114. The summed E-state index contributed by atoms with van der Waals surface area (Å²) in [6.45, 7) is 0. The Kier molecular flexibility index (Phi) is 4.64. The summed E-state index contributed by atoms with van der Waals surface area (Å²) in [6.07, 6.45) is 1.53. The van der Waals surface area contributed by atoms with Crippen LogP contribution in [-0.4, -0.2) is 19.3 Å². The number of methoxy groups -OCH3 is 2. The SMILES string of the molecule is COc1ccc(C(C#N)=Cc2ccc(O)c(F)c2)cc1OC. The van der Waals surface area contributed by atoms with Crippen LogP contribution in [0.4, 0.5) is 4.39 Å². The quantitative estimate of drug-likeness (QED) is 0.692. The minimum Gasteiger partial charge on any atom is -0.505 e. The second-order valence-electron chi connectivity index (χ2n) is 4.45. The van der Waals surface area contributed by atoms with Gasteiger partial charge in [-0.25, -0.2) is 4.39 Å². The van der Waals surface area contributed by atoms with Crippen LogP contribution in [0.1, 0.15) is 11.1 Å². The first-order chi connectivity index (χ1) is 10.6. The van der Waals surface area contributed by atoms with Crippen molar-refractivity contribution >= 4 is 11.6 Å². The van der Waals surface area contributed by atoms with E-state index in [-0.39, 0.29) is 0 Å². The van der Waals surface area contributed by atoms with Crippen LogP contribution in [0.2, 0.25) is 0 Å². The highest BCUT2D eigenvalue weighted by molar-refractivity contribution is 5.90. The summed E-state index contributed by atoms with van der Waals surface area (Å²) in [7, 11) is 3.03. The van der Waals surface area contributed by atoms with Gasteiger partial charge in [0.25, 0.3) is 0 Å². The lowest BCUT2D eigenvalue weighted by atomic mass is 10.0. The number of ether oxygens (including phenoxy) is 2. The number of benzene rings is 2. The summed E-state index contributed by atoms with van der Waals surface area (Å²) in [6, 6.07) is 11.1. The van der Waals surface area contributed by atoms with Gasteiger partial charge in [0.1, 0.15) is 0 Å². The molecule has 0 bridgehead atoms. The van der Waals surface area contributed by atoms with Crippen LogP contribution in [0, 0.1) is 17.1 Å². The Morgan fingerprint density at radius 2 is 1.86 bits per heavy atom. The first-order valence-corrected chi connectivity index (χ1v) is 6.41. The molecule has 0 atom stereocenters. The molecule has 0 amide bonds. The van der Waals surface area contributed by atoms with Crippen LogP contribution in [-0.2, 0) is 0 Å². The van der Waals surface area contributed by atoms with Gasteiger partial charge in [0, 0.05) is 0 Å². The smallest absolute Gasteiger partial charge is 0.165 e. The average Bonchev–Trinajstić information content (AvgIpc) is 2.55. The van der Waals surface area contributed by atoms with Gasteiger partial charge in [-0.05, 0) is 47.5 Å². The average molecular weight is 299 g/mol. The molecule has 0 aliphatic heterocycles. The molecule has 0 radical (unpaired) electrons. The number of allylic oxidation sites excluding steroid dienone is 1. The number of phenolic OH excluding ortho intramolecular Hbond substituents is 1. The van der Waals surface area contributed by atoms with Crippen LogP contribution < -0.4 is 9.47 Å². The molecule has 0 saturated carbocycles. The second-order valence-corrected chi connectivity index (χ2v) is 4.45. The normalized spacial score (nSPS) is 10.9. The molecule has 22 heavy (non-hydrogen) atoms. The van der Waals surface area contributed by atoms with Crippen molar-refractivity contribution in [3.8, 4) is 23.3 Å². The third-order valence-corrected chi connectivity index (χ3v) is 3.10. The fraction of sp³-hybridized carbons (Fsp3) is 0.118. The number of nitrogens with zero attached hydrogens (tertiary/aromatic N) is 1. The van der Waals surface area contributed by atoms with E-state index < -0.39 is 11.6 Å². The second kappa shape index (κ2) is 6.64. The number of nitriles is 1. The van der Waals surface area contributed by atoms with Crippen LogP contribution in [0.25, 0.3) is 11.6 Å². The van der Waals surface area contributed by atoms with Crippen molar-refractivity contribution in [2.75, 3.05) is 14.2 Å². The predicted molar refractivity (Wildman–Crippen MR) is 81.1 cm³/mol. The van der Waals surface area contributed by atoms with E-state index in [1.54, 1.807) is 18.2 Å².